The monoisotopic (exact) mass is 468 g/mol. The molecule has 0 amide bonds. The van der Waals surface area contributed by atoms with E-state index in [0.717, 1.165) is 5.56 Å². The summed E-state index contributed by atoms with van der Waals surface area (Å²) in [4.78, 5) is 9.11. The number of nitrogens with one attached hydrogen (secondary N) is 2. The molecule has 0 spiro atoms. The molecule has 2 heterocycles. The molecule has 33 heavy (non-hydrogen) atoms. The molecule has 10 nitrogen and oxygen atoms in total. The minimum atomic E-state index is -3.88. The molecule has 0 fully saturated rings. The standard InChI is InChI=1S/C22H24N6O4S/c1-28-14-16(13-24-28)33(29,30)27-22-21(25-17-6-4-5-7-18(17)26-22)23-11-10-15-8-9-19(31-2)20(12-15)32-3/h4-9,12-14H,10-11H2,1-3H3,(H,23,25)(H,26,27). The number of aromatic nitrogens is 4. The summed E-state index contributed by atoms with van der Waals surface area (Å²) >= 11 is 0. The second-order valence-electron chi connectivity index (χ2n) is 7.23. The van der Waals surface area contributed by atoms with Gasteiger partial charge >= 0.3 is 0 Å². The van der Waals surface area contributed by atoms with E-state index in [2.05, 4.69) is 25.1 Å². The van der Waals surface area contributed by atoms with Crippen LogP contribution in [0.15, 0.2) is 59.8 Å². The van der Waals surface area contributed by atoms with Crippen LogP contribution in [-0.2, 0) is 23.5 Å². The van der Waals surface area contributed by atoms with Gasteiger partial charge in [-0.1, -0.05) is 18.2 Å². The molecule has 0 atom stereocenters. The number of anilines is 2. The number of aryl methyl sites for hydroxylation is 1. The number of ether oxygens (including phenoxy) is 2. The van der Waals surface area contributed by atoms with Crippen LogP contribution in [0.4, 0.5) is 11.6 Å². The molecule has 172 valence electrons. The van der Waals surface area contributed by atoms with Crippen LogP contribution in [0.5, 0.6) is 11.5 Å². The number of hydrogen-bond donors (Lipinski definition) is 2. The van der Waals surface area contributed by atoms with Gasteiger partial charge in [-0.05, 0) is 36.2 Å². The van der Waals surface area contributed by atoms with Crippen molar-refractivity contribution in [2.75, 3.05) is 30.8 Å². The lowest BCUT2D eigenvalue weighted by atomic mass is 10.1. The molecule has 4 rings (SSSR count). The molecule has 2 aromatic heterocycles. The number of methoxy groups -OCH3 is 2. The van der Waals surface area contributed by atoms with Crippen LogP contribution in [0.1, 0.15) is 5.56 Å². The van der Waals surface area contributed by atoms with Crippen LogP contribution in [0.25, 0.3) is 11.0 Å². The second-order valence-corrected chi connectivity index (χ2v) is 8.91. The van der Waals surface area contributed by atoms with Crippen molar-refractivity contribution in [3.8, 4) is 11.5 Å². The quantitative estimate of drug-likeness (QED) is 0.385. The highest BCUT2D eigenvalue weighted by atomic mass is 32.2. The Kier molecular flexibility index (Phi) is 6.31. The maximum absolute atomic E-state index is 12.8. The van der Waals surface area contributed by atoms with E-state index in [1.807, 2.05) is 36.4 Å². The van der Waals surface area contributed by atoms with Gasteiger partial charge in [0.25, 0.3) is 10.0 Å². The van der Waals surface area contributed by atoms with E-state index in [-0.39, 0.29) is 10.7 Å². The molecular weight excluding hydrogens is 444 g/mol. The number of hydrogen-bond acceptors (Lipinski definition) is 8. The molecular formula is C22H24N6O4S. The van der Waals surface area contributed by atoms with Gasteiger partial charge in [0.15, 0.2) is 23.1 Å². The molecule has 0 aliphatic rings. The zero-order valence-electron chi connectivity index (χ0n) is 18.4. The summed E-state index contributed by atoms with van der Waals surface area (Å²) in [6, 6.07) is 13.0. The molecule has 2 aromatic carbocycles. The number of rotatable bonds is 9. The van der Waals surface area contributed by atoms with Crippen molar-refractivity contribution < 1.29 is 17.9 Å². The van der Waals surface area contributed by atoms with E-state index < -0.39 is 10.0 Å². The lowest BCUT2D eigenvalue weighted by Crippen LogP contribution is -2.17. The third-order valence-electron chi connectivity index (χ3n) is 4.95. The van der Waals surface area contributed by atoms with Gasteiger partial charge in [0, 0.05) is 19.8 Å². The minimum absolute atomic E-state index is 0.0382. The maximum Gasteiger partial charge on any atom is 0.266 e. The fraction of sp³-hybridized carbons (Fsp3) is 0.227. The average Bonchev–Trinajstić information content (AvgIpc) is 3.26. The van der Waals surface area contributed by atoms with E-state index in [4.69, 9.17) is 9.47 Å². The van der Waals surface area contributed by atoms with Crippen molar-refractivity contribution in [1.82, 2.24) is 19.7 Å². The van der Waals surface area contributed by atoms with Crippen LogP contribution in [0.2, 0.25) is 0 Å². The Morgan fingerprint density at radius 3 is 2.30 bits per heavy atom. The fourth-order valence-corrected chi connectivity index (χ4v) is 4.27. The van der Waals surface area contributed by atoms with Crippen LogP contribution >= 0.6 is 0 Å². The molecule has 0 unspecified atom stereocenters. The second kappa shape index (κ2) is 9.33. The normalized spacial score (nSPS) is 11.4. The first-order chi connectivity index (χ1) is 15.9. The SMILES string of the molecule is COc1ccc(CCNc2nc3ccccc3nc2NS(=O)(=O)c2cnn(C)c2)cc1OC. The van der Waals surface area contributed by atoms with Crippen LogP contribution in [0.3, 0.4) is 0 Å². The minimum Gasteiger partial charge on any atom is -0.493 e. The van der Waals surface area contributed by atoms with Crippen molar-refractivity contribution in [3.63, 3.8) is 0 Å². The first kappa shape index (κ1) is 22.3. The molecule has 4 aromatic rings. The Morgan fingerprint density at radius 2 is 1.67 bits per heavy atom. The van der Waals surface area contributed by atoms with Crippen molar-refractivity contribution in [2.24, 2.45) is 7.05 Å². The summed E-state index contributed by atoms with van der Waals surface area (Å²) in [5, 5.41) is 7.14. The summed E-state index contributed by atoms with van der Waals surface area (Å²) in [6.45, 7) is 0.490. The Morgan fingerprint density at radius 1 is 0.970 bits per heavy atom. The number of para-hydroxylation sites is 2. The lowest BCUT2D eigenvalue weighted by molar-refractivity contribution is 0.354. The number of fused-ring (bicyclic) bond motifs is 1. The molecule has 11 heteroatoms. The van der Waals surface area contributed by atoms with Crippen LogP contribution < -0.4 is 19.5 Å². The highest BCUT2D eigenvalue weighted by molar-refractivity contribution is 7.92. The van der Waals surface area contributed by atoms with Crippen molar-refractivity contribution in [3.05, 3.63) is 60.4 Å². The summed E-state index contributed by atoms with van der Waals surface area (Å²) in [5.41, 5.74) is 2.24. The molecule has 0 bridgehead atoms. The molecule has 0 aliphatic carbocycles. The predicted molar refractivity (Wildman–Crippen MR) is 125 cm³/mol. The summed E-state index contributed by atoms with van der Waals surface area (Å²) < 4.78 is 40.3. The predicted octanol–water partition coefficient (Wildman–Crippen LogP) is 2.84. The van der Waals surface area contributed by atoms with Gasteiger partial charge in [0.05, 0.1) is 31.4 Å². The third-order valence-corrected chi connectivity index (χ3v) is 6.24. The zero-order chi connectivity index (χ0) is 23.4. The summed E-state index contributed by atoms with van der Waals surface area (Å²) in [7, 11) is 0.942. The highest BCUT2D eigenvalue weighted by Gasteiger charge is 2.20. The largest absolute Gasteiger partial charge is 0.493 e. The van der Waals surface area contributed by atoms with Gasteiger partial charge in [-0.3, -0.25) is 9.40 Å². The van der Waals surface area contributed by atoms with Gasteiger partial charge in [-0.2, -0.15) is 5.10 Å². The van der Waals surface area contributed by atoms with Crippen molar-refractivity contribution in [1.29, 1.82) is 0 Å². The van der Waals surface area contributed by atoms with Crippen molar-refractivity contribution >= 4 is 32.7 Å². The van der Waals surface area contributed by atoms with Gasteiger partial charge in [-0.15, -0.1) is 0 Å². The van der Waals surface area contributed by atoms with Gasteiger partial charge in [0.1, 0.15) is 4.90 Å². The Bertz CT molecular complexity index is 1390. The molecule has 0 aliphatic heterocycles. The Labute approximate surface area is 191 Å². The van der Waals surface area contributed by atoms with E-state index >= 15 is 0 Å². The lowest BCUT2D eigenvalue weighted by Gasteiger charge is -2.14. The topological polar surface area (TPSA) is 120 Å². The summed E-state index contributed by atoms with van der Waals surface area (Å²) in [6.07, 6.45) is 3.34. The molecule has 0 radical (unpaired) electrons. The van der Waals surface area contributed by atoms with E-state index in [1.165, 1.54) is 17.1 Å². The molecule has 0 saturated carbocycles. The van der Waals surface area contributed by atoms with Crippen LogP contribution in [-0.4, -0.2) is 48.9 Å². The number of benzene rings is 2. The molecule has 2 N–H and O–H groups in total. The Hall–Kier alpha value is -3.86. The number of sulfonamides is 1. The molecule has 0 saturated heterocycles. The van der Waals surface area contributed by atoms with Gasteiger partial charge in [0.2, 0.25) is 0 Å². The van der Waals surface area contributed by atoms with Gasteiger partial charge in [-0.25, -0.2) is 18.4 Å². The van der Waals surface area contributed by atoms with E-state index in [1.54, 1.807) is 27.3 Å². The smallest absolute Gasteiger partial charge is 0.266 e. The third kappa shape index (κ3) is 4.98. The Balaban J connectivity index is 1.58. The first-order valence-corrected chi connectivity index (χ1v) is 11.6. The van der Waals surface area contributed by atoms with E-state index in [0.29, 0.717) is 41.3 Å². The fourth-order valence-electron chi connectivity index (χ4n) is 3.28. The number of nitrogens with zero attached hydrogens (tertiary/aromatic N) is 4. The van der Waals surface area contributed by atoms with Crippen molar-refractivity contribution in [2.45, 2.75) is 11.3 Å². The average molecular weight is 469 g/mol. The van der Waals surface area contributed by atoms with E-state index in [9.17, 15) is 8.42 Å². The maximum atomic E-state index is 12.8. The zero-order valence-corrected chi connectivity index (χ0v) is 19.3. The summed E-state index contributed by atoms with van der Waals surface area (Å²) in [5.74, 6) is 1.75. The van der Waals surface area contributed by atoms with Gasteiger partial charge < -0.3 is 14.8 Å². The van der Waals surface area contributed by atoms with Crippen LogP contribution in [0, 0.1) is 0 Å². The first-order valence-electron chi connectivity index (χ1n) is 10.1. The highest BCUT2D eigenvalue weighted by Crippen LogP contribution is 2.28.